The molecule has 0 bridgehead atoms. The summed E-state index contributed by atoms with van der Waals surface area (Å²) >= 11 is 0. The third kappa shape index (κ3) is 3.89. The van der Waals surface area contributed by atoms with Crippen molar-refractivity contribution in [1.82, 2.24) is 9.88 Å². The maximum absolute atomic E-state index is 13.1. The molecule has 1 aromatic heterocycles. The van der Waals surface area contributed by atoms with Gasteiger partial charge in [-0.2, -0.15) is 0 Å². The normalized spacial score (nSPS) is 27.6. The Labute approximate surface area is 212 Å². The van der Waals surface area contributed by atoms with Crippen LogP contribution in [0.15, 0.2) is 36.5 Å². The summed E-state index contributed by atoms with van der Waals surface area (Å²) < 4.78 is 0. The largest absolute Gasteiger partial charge is 0.330 e. The second-order valence-corrected chi connectivity index (χ2v) is 11.2. The van der Waals surface area contributed by atoms with Crippen LogP contribution in [-0.2, 0) is 32.6 Å². The van der Waals surface area contributed by atoms with Gasteiger partial charge in [0.2, 0.25) is 17.7 Å². The first-order valence-corrected chi connectivity index (χ1v) is 13.4. The fourth-order valence-electron chi connectivity index (χ4n) is 7.05. The molecule has 1 saturated heterocycles. The van der Waals surface area contributed by atoms with E-state index in [1.165, 1.54) is 19.3 Å². The van der Waals surface area contributed by atoms with Crippen LogP contribution in [0.3, 0.4) is 0 Å². The molecule has 0 radical (unpaired) electrons. The highest BCUT2D eigenvalue weighted by Gasteiger charge is 2.51. The molecule has 1 spiro atoms. The maximum atomic E-state index is 13.1. The molecule has 2 fully saturated rings. The van der Waals surface area contributed by atoms with Crippen molar-refractivity contribution in [2.45, 2.75) is 76.2 Å². The zero-order valence-corrected chi connectivity index (χ0v) is 20.9. The molecular formula is C29H34N4O3. The number of rotatable bonds is 4. The SMILES string of the molecule is CC1CCC(C2CCCCC2)N(CC(=O)Nc2ccc3c(c2)CC2(C3)C(=O)Nc3ncccc32)C1=O. The molecule has 2 aromatic rings. The number of hydrogen-bond donors (Lipinski definition) is 2. The molecule has 7 heteroatoms. The number of carbonyl (C=O) groups is 3. The number of hydrogen-bond acceptors (Lipinski definition) is 4. The predicted octanol–water partition coefficient (Wildman–Crippen LogP) is 4.22. The van der Waals surface area contributed by atoms with Gasteiger partial charge in [-0.1, -0.05) is 38.3 Å². The van der Waals surface area contributed by atoms with Crippen molar-refractivity contribution in [1.29, 1.82) is 0 Å². The molecular weight excluding hydrogens is 452 g/mol. The van der Waals surface area contributed by atoms with Gasteiger partial charge in [0.1, 0.15) is 12.4 Å². The first kappa shape index (κ1) is 23.2. The molecule has 2 N–H and O–H groups in total. The summed E-state index contributed by atoms with van der Waals surface area (Å²) in [7, 11) is 0. The predicted molar refractivity (Wildman–Crippen MR) is 137 cm³/mol. The third-order valence-electron chi connectivity index (χ3n) is 8.97. The van der Waals surface area contributed by atoms with Gasteiger partial charge in [0.05, 0.1) is 5.41 Å². The van der Waals surface area contributed by atoms with Gasteiger partial charge in [0.25, 0.3) is 0 Å². The lowest BCUT2D eigenvalue weighted by Crippen LogP contribution is -2.53. The van der Waals surface area contributed by atoms with E-state index in [2.05, 4.69) is 15.6 Å². The Hall–Kier alpha value is -3.22. The molecule has 2 aliphatic heterocycles. The number of amides is 3. The summed E-state index contributed by atoms with van der Waals surface area (Å²) in [6.45, 7) is 2.08. The van der Waals surface area contributed by atoms with Crippen LogP contribution in [0.2, 0.25) is 0 Å². The molecule has 3 atom stereocenters. The van der Waals surface area contributed by atoms with Crippen molar-refractivity contribution in [2.24, 2.45) is 11.8 Å². The van der Waals surface area contributed by atoms with Gasteiger partial charge in [0, 0.05) is 29.4 Å². The van der Waals surface area contributed by atoms with E-state index in [0.29, 0.717) is 30.3 Å². The zero-order chi connectivity index (χ0) is 24.9. The standard InChI is InChI=1S/C29H34N4O3/c1-18-9-12-24(19-6-3-2-4-7-19)33(27(18)35)17-25(34)31-22-11-10-20-15-29(16-21(20)14-22)23-8-5-13-30-26(23)32-28(29)36/h5,8,10-11,13-14,18-19,24H,2-4,6-7,9,12,15-17H2,1H3,(H,31,34)(H,30,32,36). The van der Waals surface area contributed by atoms with Gasteiger partial charge in [-0.3, -0.25) is 14.4 Å². The molecule has 1 saturated carbocycles. The van der Waals surface area contributed by atoms with Gasteiger partial charge in [-0.05, 0) is 73.8 Å². The molecule has 7 nitrogen and oxygen atoms in total. The van der Waals surface area contributed by atoms with Crippen LogP contribution in [0.25, 0.3) is 0 Å². The van der Waals surface area contributed by atoms with Gasteiger partial charge < -0.3 is 15.5 Å². The maximum Gasteiger partial charge on any atom is 0.244 e. The number of benzene rings is 1. The fraction of sp³-hybridized carbons (Fsp3) is 0.517. The summed E-state index contributed by atoms with van der Waals surface area (Å²) in [4.78, 5) is 45.4. The summed E-state index contributed by atoms with van der Waals surface area (Å²) in [6.07, 6.45) is 10.8. The molecule has 3 amide bonds. The average molecular weight is 487 g/mol. The molecule has 2 aliphatic carbocycles. The minimum absolute atomic E-state index is 0.00975. The van der Waals surface area contributed by atoms with Crippen molar-refractivity contribution >= 4 is 29.2 Å². The number of likely N-dealkylation sites (tertiary alicyclic amines) is 1. The Morgan fingerprint density at radius 3 is 2.72 bits per heavy atom. The quantitative estimate of drug-likeness (QED) is 0.677. The van der Waals surface area contributed by atoms with Crippen molar-refractivity contribution in [3.63, 3.8) is 0 Å². The first-order chi connectivity index (χ1) is 17.4. The number of nitrogens with one attached hydrogen (secondary N) is 2. The molecule has 1 aromatic carbocycles. The highest BCUT2D eigenvalue weighted by atomic mass is 16.2. The number of anilines is 2. The molecule has 36 heavy (non-hydrogen) atoms. The summed E-state index contributed by atoms with van der Waals surface area (Å²) in [5, 5.41) is 5.98. The van der Waals surface area contributed by atoms with E-state index in [-0.39, 0.29) is 36.2 Å². The van der Waals surface area contributed by atoms with Crippen molar-refractivity contribution in [2.75, 3.05) is 17.2 Å². The number of carbonyl (C=O) groups excluding carboxylic acids is 3. The summed E-state index contributed by atoms with van der Waals surface area (Å²) in [5.41, 5.74) is 3.23. The van der Waals surface area contributed by atoms with Crippen LogP contribution in [0.5, 0.6) is 0 Å². The van der Waals surface area contributed by atoms with Gasteiger partial charge in [-0.25, -0.2) is 4.98 Å². The van der Waals surface area contributed by atoms with Gasteiger partial charge in [-0.15, -0.1) is 0 Å². The Bertz CT molecular complexity index is 1220. The van der Waals surface area contributed by atoms with Crippen molar-refractivity contribution < 1.29 is 14.4 Å². The average Bonchev–Trinajstić information content (AvgIpc) is 3.40. The molecule has 188 valence electrons. The highest BCUT2D eigenvalue weighted by molar-refractivity contribution is 6.06. The van der Waals surface area contributed by atoms with Crippen molar-refractivity contribution in [3.05, 3.63) is 53.2 Å². The van der Waals surface area contributed by atoms with E-state index in [9.17, 15) is 14.4 Å². The lowest BCUT2D eigenvalue weighted by atomic mass is 9.78. The van der Waals surface area contributed by atoms with Crippen LogP contribution in [0.4, 0.5) is 11.5 Å². The number of pyridine rings is 1. The second-order valence-electron chi connectivity index (χ2n) is 11.2. The summed E-state index contributed by atoms with van der Waals surface area (Å²) in [6, 6.07) is 9.94. The van der Waals surface area contributed by atoms with E-state index in [1.807, 2.05) is 42.2 Å². The topological polar surface area (TPSA) is 91.4 Å². The zero-order valence-electron chi connectivity index (χ0n) is 20.9. The Morgan fingerprint density at radius 1 is 1.08 bits per heavy atom. The minimum atomic E-state index is -0.627. The summed E-state index contributed by atoms with van der Waals surface area (Å²) in [5.74, 6) is 1.08. The number of piperidine rings is 1. The van der Waals surface area contributed by atoms with Crippen LogP contribution < -0.4 is 10.6 Å². The van der Waals surface area contributed by atoms with Crippen LogP contribution in [-0.4, -0.2) is 40.2 Å². The number of aromatic nitrogens is 1. The van der Waals surface area contributed by atoms with Crippen LogP contribution in [0.1, 0.15) is 68.6 Å². The van der Waals surface area contributed by atoms with Gasteiger partial charge in [0.15, 0.2) is 0 Å². The fourth-order valence-corrected chi connectivity index (χ4v) is 7.05. The van der Waals surface area contributed by atoms with E-state index in [0.717, 1.165) is 42.4 Å². The van der Waals surface area contributed by atoms with Crippen molar-refractivity contribution in [3.8, 4) is 0 Å². The van der Waals surface area contributed by atoms with E-state index < -0.39 is 5.41 Å². The monoisotopic (exact) mass is 486 g/mol. The van der Waals surface area contributed by atoms with E-state index in [1.54, 1.807) is 6.20 Å². The number of nitrogens with zero attached hydrogens (tertiary/aromatic N) is 2. The molecule has 4 aliphatic rings. The minimum Gasteiger partial charge on any atom is -0.330 e. The third-order valence-corrected chi connectivity index (χ3v) is 8.97. The first-order valence-electron chi connectivity index (χ1n) is 13.4. The Morgan fingerprint density at radius 2 is 1.89 bits per heavy atom. The molecule has 3 unspecified atom stereocenters. The second kappa shape index (κ2) is 9.02. The highest BCUT2D eigenvalue weighted by Crippen LogP contribution is 2.47. The Kier molecular flexibility index (Phi) is 5.81. The van der Waals surface area contributed by atoms with E-state index >= 15 is 0 Å². The van der Waals surface area contributed by atoms with Crippen LogP contribution in [0, 0.1) is 11.8 Å². The van der Waals surface area contributed by atoms with Gasteiger partial charge >= 0.3 is 0 Å². The lowest BCUT2D eigenvalue weighted by molar-refractivity contribution is -0.146. The molecule has 6 rings (SSSR count). The smallest absolute Gasteiger partial charge is 0.244 e. The van der Waals surface area contributed by atoms with Crippen LogP contribution >= 0.6 is 0 Å². The Balaban J connectivity index is 1.17. The molecule has 3 heterocycles. The lowest BCUT2D eigenvalue weighted by Gasteiger charge is -2.43. The number of fused-ring (bicyclic) bond motifs is 3. The van der Waals surface area contributed by atoms with E-state index in [4.69, 9.17) is 0 Å².